The Kier molecular flexibility index (Phi) is 3.73. The molecule has 0 aliphatic rings. The monoisotopic (exact) mass is 238 g/mol. The third-order valence-corrected chi connectivity index (χ3v) is 2.66. The van der Waals surface area contributed by atoms with Crippen LogP contribution in [0.3, 0.4) is 0 Å². The van der Waals surface area contributed by atoms with E-state index in [0.717, 1.165) is 0 Å². The summed E-state index contributed by atoms with van der Waals surface area (Å²) >= 11 is 0.626. The quantitative estimate of drug-likeness (QED) is 0.821. The van der Waals surface area contributed by atoms with Gasteiger partial charge in [0, 0.05) is 11.0 Å². The molecule has 2 nitrogen and oxygen atoms in total. The highest BCUT2D eigenvalue weighted by molar-refractivity contribution is 7.99. The molecule has 0 amide bonds. The minimum atomic E-state index is -4.21. The first-order valence-corrected chi connectivity index (χ1v) is 4.97. The van der Waals surface area contributed by atoms with Gasteiger partial charge in [-0.15, -0.1) is 11.8 Å². The number of rotatable bonds is 3. The Morgan fingerprint density at radius 3 is 2.60 bits per heavy atom. The maximum absolute atomic E-state index is 11.9. The van der Waals surface area contributed by atoms with Crippen LogP contribution in [-0.4, -0.2) is 24.1 Å². The lowest BCUT2D eigenvalue weighted by Crippen LogP contribution is -2.10. The van der Waals surface area contributed by atoms with E-state index in [4.69, 9.17) is 9.84 Å². The number of phenolic OH excluding ortho intramolecular Hbond substituents is 1. The molecule has 0 heterocycles. The van der Waals surface area contributed by atoms with Gasteiger partial charge in [-0.2, -0.15) is 13.2 Å². The molecule has 15 heavy (non-hydrogen) atoms. The van der Waals surface area contributed by atoms with Crippen molar-refractivity contribution in [2.45, 2.75) is 11.1 Å². The van der Waals surface area contributed by atoms with Crippen LogP contribution in [0.5, 0.6) is 11.5 Å². The minimum absolute atomic E-state index is 0.0387. The number of aromatic hydroxyl groups is 1. The predicted octanol–water partition coefficient (Wildman–Crippen LogP) is 3.06. The zero-order valence-corrected chi connectivity index (χ0v) is 8.65. The highest BCUT2D eigenvalue weighted by Crippen LogP contribution is 2.35. The average Bonchev–Trinajstić information content (AvgIpc) is 2.14. The topological polar surface area (TPSA) is 29.5 Å². The Morgan fingerprint density at radius 2 is 2.07 bits per heavy atom. The zero-order valence-electron chi connectivity index (χ0n) is 7.84. The third kappa shape index (κ3) is 3.91. The van der Waals surface area contributed by atoms with Gasteiger partial charge in [0.1, 0.15) is 11.5 Å². The van der Waals surface area contributed by atoms with Crippen LogP contribution in [0.2, 0.25) is 0 Å². The third-order valence-electron chi connectivity index (χ3n) is 1.54. The fourth-order valence-electron chi connectivity index (χ4n) is 0.935. The zero-order chi connectivity index (χ0) is 11.5. The van der Waals surface area contributed by atoms with E-state index in [9.17, 15) is 13.2 Å². The summed E-state index contributed by atoms with van der Waals surface area (Å²) in [5.74, 6) is -0.777. The number of benzene rings is 1. The number of methoxy groups -OCH3 is 1. The van der Waals surface area contributed by atoms with Crippen LogP contribution in [0.1, 0.15) is 0 Å². The summed E-state index contributed by atoms with van der Waals surface area (Å²) in [7, 11) is 1.34. The number of halogens is 3. The first kappa shape index (κ1) is 12.0. The maximum atomic E-state index is 11.9. The first-order chi connectivity index (χ1) is 6.92. The van der Waals surface area contributed by atoms with E-state index in [-0.39, 0.29) is 11.5 Å². The van der Waals surface area contributed by atoms with Crippen LogP contribution in [-0.2, 0) is 0 Å². The fourth-order valence-corrected chi connectivity index (χ4v) is 1.70. The Hall–Kier alpha value is -1.04. The number of hydrogen-bond donors (Lipinski definition) is 1. The van der Waals surface area contributed by atoms with Crippen LogP contribution < -0.4 is 4.74 Å². The SMILES string of the molecule is COc1cc(O)ccc1SCC(F)(F)F. The van der Waals surface area contributed by atoms with Gasteiger partial charge in [-0.3, -0.25) is 0 Å². The van der Waals surface area contributed by atoms with Gasteiger partial charge in [-0.05, 0) is 12.1 Å². The second-order valence-electron chi connectivity index (χ2n) is 2.74. The molecule has 1 rings (SSSR count). The molecule has 1 aromatic rings. The smallest absolute Gasteiger partial charge is 0.398 e. The van der Waals surface area contributed by atoms with E-state index in [1.807, 2.05) is 0 Å². The molecule has 0 spiro atoms. The fraction of sp³-hybridized carbons (Fsp3) is 0.333. The van der Waals surface area contributed by atoms with Gasteiger partial charge in [-0.1, -0.05) is 0 Å². The lowest BCUT2D eigenvalue weighted by atomic mass is 10.3. The van der Waals surface area contributed by atoms with Crippen molar-refractivity contribution in [1.29, 1.82) is 0 Å². The van der Waals surface area contributed by atoms with E-state index in [0.29, 0.717) is 16.7 Å². The normalized spacial score (nSPS) is 11.5. The van der Waals surface area contributed by atoms with Crippen LogP contribution in [0.4, 0.5) is 13.2 Å². The molecule has 0 aliphatic carbocycles. The Balaban J connectivity index is 2.76. The highest BCUT2D eigenvalue weighted by atomic mass is 32.2. The number of phenols is 1. The van der Waals surface area contributed by atoms with Gasteiger partial charge in [0.05, 0.1) is 12.9 Å². The molecule has 0 radical (unpaired) electrons. The van der Waals surface area contributed by atoms with Gasteiger partial charge in [0.2, 0.25) is 0 Å². The molecule has 84 valence electrons. The van der Waals surface area contributed by atoms with Crippen molar-refractivity contribution >= 4 is 11.8 Å². The van der Waals surface area contributed by atoms with Crippen molar-refractivity contribution < 1.29 is 23.0 Å². The van der Waals surface area contributed by atoms with Gasteiger partial charge in [0.15, 0.2) is 0 Å². The van der Waals surface area contributed by atoms with E-state index < -0.39 is 11.9 Å². The summed E-state index contributed by atoms with van der Waals surface area (Å²) in [6.45, 7) is 0. The standard InChI is InChI=1S/C9H9F3O2S/c1-14-7-4-6(13)2-3-8(7)15-5-9(10,11)12/h2-4,13H,5H2,1H3. The lowest BCUT2D eigenvalue weighted by molar-refractivity contribution is -0.105. The van der Waals surface area contributed by atoms with Gasteiger partial charge in [0.25, 0.3) is 0 Å². The van der Waals surface area contributed by atoms with E-state index in [1.54, 1.807) is 0 Å². The van der Waals surface area contributed by atoms with Crippen LogP contribution in [0, 0.1) is 0 Å². The van der Waals surface area contributed by atoms with Crippen LogP contribution in [0.25, 0.3) is 0 Å². The summed E-state index contributed by atoms with van der Waals surface area (Å²) < 4.78 is 40.7. The molecule has 1 aromatic carbocycles. The van der Waals surface area contributed by atoms with Gasteiger partial charge < -0.3 is 9.84 Å². The molecule has 1 N–H and O–H groups in total. The number of alkyl halides is 3. The van der Waals surface area contributed by atoms with E-state index in [1.165, 1.54) is 25.3 Å². The summed E-state index contributed by atoms with van der Waals surface area (Å²) in [6, 6.07) is 3.99. The molecule has 0 atom stereocenters. The Morgan fingerprint density at radius 1 is 1.40 bits per heavy atom. The summed E-state index contributed by atoms with van der Waals surface area (Å²) in [5, 5.41) is 9.09. The molecule has 0 fully saturated rings. The number of hydrogen-bond acceptors (Lipinski definition) is 3. The predicted molar refractivity (Wildman–Crippen MR) is 51.4 cm³/mol. The molecule has 6 heteroatoms. The van der Waals surface area contributed by atoms with E-state index >= 15 is 0 Å². The summed E-state index contributed by atoms with van der Waals surface area (Å²) in [6.07, 6.45) is -4.21. The van der Waals surface area contributed by atoms with Crippen molar-refractivity contribution in [1.82, 2.24) is 0 Å². The second-order valence-corrected chi connectivity index (χ2v) is 3.76. The van der Waals surface area contributed by atoms with Crippen molar-refractivity contribution in [2.24, 2.45) is 0 Å². The van der Waals surface area contributed by atoms with Crippen molar-refractivity contribution in [3.8, 4) is 11.5 Å². The largest absolute Gasteiger partial charge is 0.508 e. The lowest BCUT2D eigenvalue weighted by Gasteiger charge is -2.09. The molecule has 0 saturated carbocycles. The molecular formula is C9H9F3O2S. The molecule has 0 unspecified atom stereocenters. The summed E-state index contributed by atoms with van der Waals surface area (Å²) in [5.41, 5.74) is 0. The first-order valence-electron chi connectivity index (χ1n) is 3.99. The average molecular weight is 238 g/mol. The number of ether oxygens (including phenoxy) is 1. The summed E-state index contributed by atoms with van der Waals surface area (Å²) in [4.78, 5) is 0.354. The van der Waals surface area contributed by atoms with Crippen molar-refractivity contribution in [2.75, 3.05) is 12.9 Å². The molecule has 0 aromatic heterocycles. The van der Waals surface area contributed by atoms with Crippen LogP contribution >= 0.6 is 11.8 Å². The molecular weight excluding hydrogens is 229 g/mol. The van der Waals surface area contributed by atoms with Crippen molar-refractivity contribution in [3.05, 3.63) is 18.2 Å². The molecule has 0 bridgehead atoms. The molecule has 0 aliphatic heterocycles. The second kappa shape index (κ2) is 4.65. The Labute approximate surface area is 89.1 Å². The highest BCUT2D eigenvalue weighted by Gasteiger charge is 2.27. The van der Waals surface area contributed by atoms with Crippen LogP contribution in [0.15, 0.2) is 23.1 Å². The van der Waals surface area contributed by atoms with Gasteiger partial charge in [-0.25, -0.2) is 0 Å². The Bertz CT molecular complexity index is 339. The maximum Gasteiger partial charge on any atom is 0.398 e. The van der Waals surface area contributed by atoms with Crippen molar-refractivity contribution in [3.63, 3.8) is 0 Å². The van der Waals surface area contributed by atoms with Gasteiger partial charge >= 0.3 is 6.18 Å². The minimum Gasteiger partial charge on any atom is -0.508 e. The van der Waals surface area contributed by atoms with E-state index in [2.05, 4.69) is 0 Å². The molecule has 0 saturated heterocycles. The number of thioether (sulfide) groups is 1.